The molecule has 7 nitrogen and oxygen atoms in total. The number of nitrogen functional groups attached to an aromatic ring is 1. The second-order valence-corrected chi connectivity index (χ2v) is 3.72. The zero-order valence-corrected chi connectivity index (χ0v) is 9.64. The van der Waals surface area contributed by atoms with E-state index in [0.717, 1.165) is 36.7 Å². The van der Waals surface area contributed by atoms with E-state index in [4.69, 9.17) is 5.73 Å². The van der Waals surface area contributed by atoms with E-state index in [-0.39, 0.29) is 0 Å². The van der Waals surface area contributed by atoms with Crippen LogP contribution in [-0.4, -0.2) is 31.7 Å². The Balaban J connectivity index is 1.78. The van der Waals surface area contributed by atoms with Gasteiger partial charge in [-0.2, -0.15) is 10.1 Å². The number of hydrogen-bond donors (Lipinski definition) is 3. The van der Waals surface area contributed by atoms with E-state index in [2.05, 4.69) is 30.5 Å². The Morgan fingerprint density at radius 2 is 2.29 bits per heavy atom. The molecule has 4 N–H and O–H groups in total. The van der Waals surface area contributed by atoms with E-state index in [1.807, 2.05) is 13.0 Å². The van der Waals surface area contributed by atoms with Crippen molar-refractivity contribution in [2.45, 2.75) is 19.8 Å². The first-order valence-corrected chi connectivity index (χ1v) is 5.43. The van der Waals surface area contributed by atoms with Crippen LogP contribution in [0.25, 0.3) is 0 Å². The molecule has 17 heavy (non-hydrogen) atoms. The zero-order chi connectivity index (χ0) is 12.1. The summed E-state index contributed by atoms with van der Waals surface area (Å²) >= 11 is 0. The first kappa shape index (κ1) is 11.3. The fourth-order valence-corrected chi connectivity index (χ4v) is 1.51. The van der Waals surface area contributed by atoms with E-state index in [1.54, 1.807) is 0 Å². The molecule has 2 aromatic heterocycles. The molecule has 0 radical (unpaired) electrons. The molecule has 0 bridgehead atoms. The second-order valence-electron chi connectivity index (χ2n) is 3.72. The molecular formula is C10H15N7. The summed E-state index contributed by atoms with van der Waals surface area (Å²) in [5.41, 5.74) is 6.41. The van der Waals surface area contributed by atoms with Crippen molar-refractivity contribution in [3.63, 3.8) is 0 Å². The molecule has 0 saturated heterocycles. The quantitative estimate of drug-likeness (QED) is 0.650. The lowest BCUT2D eigenvalue weighted by Gasteiger charge is -2.05. The summed E-state index contributed by atoms with van der Waals surface area (Å²) in [7, 11) is 0. The van der Waals surface area contributed by atoms with Crippen molar-refractivity contribution >= 4 is 11.8 Å². The van der Waals surface area contributed by atoms with Crippen LogP contribution >= 0.6 is 0 Å². The maximum absolute atomic E-state index is 5.56. The van der Waals surface area contributed by atoms with Crippen LogP contribution in [0, 0.1) is 6.92 Å². The van der Waals surface area contributed by atoms with Gasteiger partial charge in [-0.15, -0.1) is 0 Å². The highest BCUT2D eigenvalue weighted by Crippen LogP contribution is 2.07. The van der Waals surface area contributed by atoms with Crippen molar-refractivity contribution in [3.8, 4) is 0 Å². The molecule has 0 aliphatic carbocycles. The van der Waals surface area contributed by atoms with Gasteiger partial charge in [-0.3, -0.25) is 5.10 Å². The molecule has 0 aliphatic heterocycles. The number of anilines is 2. The van der Waals surface area contributed by atoms with Gasteiger partial charge in [-0.05, 0) is 13.3 Å². The summed E-state index contributed by atoms with van der Waals surface area (Å²) in [4.78, 5) is 12.1. The molecule has 7 heteroatoms. The van der Waals surface area contributed by atoms with E-state index in [1.165, 1.54) is 6.33 Å². The summed E-state index contributed by atoms with van der Waals surface area (Å²) < 4.78 is 0. The van der Waals surface area contributed by atoms with Crippen LogP contribution in [0.2, 0.25) is 0 Å². The van der Waals surface area contributed by atoms with Gasteiger partial charge in [-0.25, -0.2) is 9.97 Å². The van der Waals surface area contributed by atoms with Crippen molar-refractivity contribution < 1.29 is 0 Å². The van der Waals surface area contributed by atoms with Gasteiger partial charge in [0.15, 0.2) is 0 Å². The molecular weight excluding hydrogens is 218 g/mol. The number of nitrogens with two attached hydrogens (primary N) is 1. The van der Waals surface area contributed by atoms with Gasteiger partial charge in [-0.1, -0.05) is 0 Å². The number of nitrogens with zero attached hydrogens (tertiary/aromatic N) is 4. The Morgan fingerprint density at radius 1 is 1.41 bits per heavy atom. The minimum Gasteiger partial charge on any atom is -0.370 e. The first-order valence-electron chi connectivity index (χ1n) is 5.43. The van der Waals surface area contributed by atoms with Crippen LogP contribution in [0.5, 0.6) is 0 Å². The smallest absolute Gasteiger partial charge is 0.222 e. The summed E-state index contributed by atoms with van der Waals surface area (Å²) in [6, 6.07) is 1.87. The van der Waals surface area contributed by atoms with Gasteiger partial charge in [0.1, 0.15) is 18.0 Å². The third-order valence-electron chi connectivity index (χ3n) is 2.23. The molecule has 2 aromatic rings. The van der Waals surface area contributed by atoms with Gasteiger partial charge in [0.25, 0.3) is 0 Å². The molecule has 0 spiro atoms. The monoisotopic (exact) mass is 233 g/mol. The molecule has 0 saturated carbocycles. The molecule has 0 atom stereocenters. The summed E-state index contributed by atoms with van der Waals surface area (Å²) in [5.74, 6) is 1.94. The average molecular weight is 233 g/mol. The topological polar surface area (TPSA) is 105 Å². The second kappa shape index (κ2) is 5.24. The molecule has 0 unspecified atom stereocenters. The highest BCUT2D eigenvalue weighted by molar-refractivity contribution is 5.39. The minimum atomic E-state index is 0.294. The Morgan fingerprint density at radius 3 is 3.00 bits per heavy atom. The number of nitrogens with one attached hydrogen (secondary N) is 2. The molecule has 0 amide bonds. The van der Waals surface area contributed by atoms with Crippen LogP contribution in [0.4, 0.5) is 11.8 Å². The van der Waals surface area contributed by atoms with Crippen LogP contribution < -0.4 is 11.1 Å². The summed E-state index contributed by atoms with van der Waals surface area (Å²) in [5, 5.41) is 9.80. The number of H-pyrrole nitrogens is 1. The lowest BCUT2D eigenvalue weighted by atomic mass is 10.3. The first-order chi connectivity index (χ1) is 8.24. The zero-order valence-electron chi connectivity index (χ0n) is 9.64. The SMILES string of the molecule is Cc1cc(NCCCc2ncn[nH]2)nc(N)n1. The Kier molecular flexibility index (Phi) is 3.49. The number of hydrogen-bond acceptors (Lipinski definition) is 6. The van der Waals surface area contributed by atoms with Crippen LogP contribution in [-0.2, 0) is 6.42 Å². The molecule has 2 rings (SSSR count). The van der Waals surface area contributed by atoms with E-state index in [0.29, 0.717) is 5.95 Å². The Hall–Kier alpha value is -2.18. The van der Waals surface area contributed by atoms with Crippen LogP contribution in [0.15, 0.2) is 12.4 Å². The van der Waals surface area contributed by atoms with Crippen molar-refractivity contribution in [2.24, 2.45) is 0 Å². The number of rotatable bonds is 5. The van der Waals surface area contributed by atoms with Gasteiger partial charge in [0.05, 0.1) is 0 Å². The Labute approximate surface area is 98.9 Å². The molecule has 2 heterocycles. The van der Waals surface area contributed by atoms with Crippen molar-refractivity contribution in [3.05, 3.63) is 23.9 Å². The molecule has 90 valence electrons. The third-order valence-corrected chi connectivity index (χ3v) is 2.23. The fraction of sp³-hybridized carbons (Fsp3) is 0.400. The molecule has 0 fully saturated rings. The van der Waals surface area contributed by atoms with Gasteiger partial charge < -0.3 is 11.1 Å². The lowest BCUT2D eigenvalue weighted by Crippen LogP contribution is -2.07. The van der Waals surface area contributed by atoms with Crippen molar-refractivity contribution in [2.75, 3.05) is 17.6 Å². The van der Waals surface area contributed by atoms with Gasteiger partial charge in [0, 0.05) is 24.7 Å². The number of aromatic amines is 1. The largest absolute Gasteiger partial charge is 0.370 e. The maximum Gasteiger partial charge on any atom is 0.222 e. The van der Waals surface area contributed by atoms with E-state index < -0.39 is 0 Å². The highest BCUT2D eigenvalue weighted by Gasteiger charge is 1.99. The summed E-state index contributed by atoms with van der Waals surface area (Å²) in [6.07, 6.45) is 3.31. The predicted molar refractivity (Wildman–Crippen MR) is 64.4 cm³/mol. The van der Waals surface area contributed by atoms with E-state index in [9.17, 15) is 0 Å². The molecule has 0 aliphatic rings. The highest BCUT2D eigenvalue weighted by atomic mass is 15.2. The normalized spacial score (nSPS) is 10.4. The van der Waals surface area contributed by atoms with Crippen molar-refractivity contribution in [1.82, 2.24) is 25.1 Å². The van der Waals surface area contributed by atoms with Crippen molar-refractivity contribution in [1.29, 1.82) is 0 Å². The average Bonchev–Trinajstić information content (AvgIpc) is 2.76. The Bertz CT molecular complexity index is 445. The standard InChI is InChI=1S/C10H15N7/c1-7-5-9(16-10(11)15-7)12-4-2-3-8-13-6-14-17-8/h5-6H,2-4H2,1H3,(H,13,14,17)(H3,11,12,15,16). The lowest BCUT2D eigenvalue weighted by molar-refractivity contribution is 0.803. The summed E-state index contributed by atoms with van der Waals surface area (Å²) in [6.45, 7) is 2.69. The van der Waals surface area contributed by atoms with E-state index >= 15 is 0 Å². The molecule has 0 aromatic carbocycles. The fourth-order valence-electron chi connectivity index (χ4n) is 1.51. The van der Waals surface area contributed by atoms with Gasteiger partial charge in [0.2, 0.25) is 5.95 Å². The van der Waals surface area contributed by atoms with Crippen LogP contribution in [0.1, 0.15) is 17.9 Å². The number of aromatic nitrogens is 5. The maximum atomic E-state index is 5.56. The minimum absolute atomic E-state index is 0.294. The third kappa shape index (κ3) is 3.40. The predicted octanol–water partition coefficient (Wildman–Crippen LogP) is 0.530. The van der Waals surface area contributed by atoms with Gasteiger partial charge >= 0.3 is 0 Å². The van der Waals surface area contributed by atoms with Crippen LogP contribution in [0.3, 0.4) is 0 Å². The number of aryl methyl sites for hydroxylation is 2.